The van der Waals surface area contributed by atoms with Crippen LogP contribution in [0.15, 0.2) is 16.5 Å². The van der Waals surface area contributed by atoms with Gasteiger partial charge in [0.1, 0.15) is 5.76 Å². The molecule has 0 unspecified atom stereocenters. The Morgan fingerprint density at radius 2 is 2.29 bits per heavy atom. The molecule has 2 nitrogen and oxygen atoms in total. The lowest BCUT2D eigenvalue weighted by Crippen LogP contribution is -2.37. The second kappa shape index (κ2) is 4.60. The van der Waals surface area contributed by atoms with Crippen molar-refractivity contribution in [2.24, 2.45) is 11.7 Å². The van der Waals surface area contributed by atoms with Gasteiger partial charge in [-0.3, -0.25) is 0 Å². The molecule has 2 rings (SSSR count). The Balaban J connectivity index is 1.63. The summed E-state index contributed by atoms with van der Waals surface area (Å²) in [6, 6.07) is 4.18. The quantitative estimate of drug-likeness (QED) is 0.866. The zero-order valence-electron chi connectivity index (χ0n) is 7.91. The van der Waals surface area contributed by atoms with E-state index in [1.54, 1.807) is 6.07 Å². The van der Waals surface area contributed by atoms with Gasteiger partial charge in [0, 0.05) is 6.04 Å². The van der Waals surface area contributed by atoms with E-state index in [0.717, 1.165) is 17.4 Å². The summed E-state index contributed by atoms with van der Waals surface area (Å²) in [6.07, 6.45) is 2.37. The number of halogens is 1. The van der Waals surface area contributed by atoms with Gasteiger partial charge in [-0.05, 0) is 48.2 Å². The van der Waals surface area contributed by atoms with Crippen LogP contribution in [-0.2, 0) is 5.75 Å². The molecule has 0 saturated heterocycles. The molecule has 14 heavy (non-hydrogen) atoms. The highest BCUT2D eigenvalue weighted by Gasteiger charge is 2.25. The normalized spacial score (nSPS) is 26.1. The van der Waals surface area contributed by atoms with Crippen molar-refractivity contribution >= 4 is 23.4 Å². The van der Waals surface area contributed by atoms with E-state index >= 15 is 0 Å². The molecule has 1 fully saturated rings. The molecule has 0 aromatic carbocycles. The molecule has 1 heterocycles. The fraction of sp³-hybridized carbons (Fsp3) is 0.600. The molecule has 0 spiro atoms. The number of hydrogen-bond acceptors (Lipinski definition) is 3. The van der Waals surface area contributed by atoms with Crippen LogP contribution in [0.5, 0.6) is 0 Å². The molecule has 0 radical (unpaired) electrons. The van der Waals surface area contributed by atoms with Crippen LogP contribution in [0.1, 0.15) is 18.6 Å². The van der Waals surface area contributed by atoms with Gasteiger partial charge in [0.05, 0.1) is 5.75 Å². The van der Waals surface area contributed by atoms with Crippen molar-refractivity contribution in [3.8, 4) is 0 Å². The van der Waals surface area contributed by atoms with E-state index in [0.29, 0.717) is 11.3 Å². The Labute approximate surface area is 93.2 Å². The van der Waals surface area contributed by atoms with Gasteiger partial charge in [0.2, 0.25) is 0 Å². The molecule has 0 bridgehead atoms. The van der Waals surface area contributed by atoms with Gasteiger partial charge in [-0.1, -0.05) is 0 Å². The summed E-state index contributed by atoms with van der Waals surface area (Å²) in [4.78, 5) is 0. The maximum Gasteiger partial charge on any atom is 0.193 e. The van der Waals surface area contributed by atoms with Crippen LogP contribution in [0.25, 0.3) is 0 Å². The second-order valence-corrected chi connectivity index (χ2v) is 5.22. The molecule has 0 atom stereocenters. The largest absolute Gasteiger partial charge is 0.449 e. The summed E-state index contributed by atoms with van der Waals surface area (Å²) in [5.41, 5.74) is 5.71. The van der Waals surface area contributed by atoms with E-state index in [1.807, 2.05) is 17.8 Å². The van der Waals surface area contributed by atoms with Gasteiger partial charge < -0.3 is 10.2 Å². The van der Waals surface area contributed by atoms with Crippen molar-refractivity contribution in [3.05, 3.63) is 23.1 Å². The molecule has 1 aromatic heterocycles. The lowest BCUT2D eigenvalue weighted by molar-refractivity contribution is 0.295. The predicted octanol–water partition coefficient (Wildman–Crippen LogP) is 2.90. The molecule has 0 aliphatic heterocycles. The van der Waals surface area contributed by atoms with E-state index in [1.165, 1.54) is 18.6 Å². The Morgan fingerprint density at radius 3 is 2.86 bits per heavy atom. The van der Waals surface area contributed by atoms with Crippen molar-refractivity contribution in [2.45, 2.75) is 24.6 Å². The van der Waals surface area contributed by atoms with Gasteiger partial charge in [0.25, 0.3) is 0 Å². The number of furan rings is 1. The highest BCUT2D eigenvalue weighted by Crippen LogP contribution is 2.30. The number of thioether (sulfide) groups is 1. The van der Waals surface area contributed by atoms with E-state index in [9.17, 15) is 0 Å². The first kappa shape index (κ1) is 10.4. The highest BCUT2D eigenvalue weighted by atomic mass is 35.5. The summed E-state index contributed by atoms with van der Waals surface area (Å²) in [5, 5.41) is 0.478. The summed E-state index contributed by atoms with van der Waals surface area (Å²) in [7, 11) is 0. The Hall–Kier alpha value is -0.120. The minimum absolute atomic E-state index is 0.457. The zero-order chi connectivity index (χ0) is 9.97. The molecule has 1 aliphatic rings. The third-order valence-electron chi connectivity index (χ3n) is 2.50. The van der Waals surface area contributed by atoms with Crippen LogP contribution < -0.4 is 5.73 Å². The Bertz CT molecular complexity index is 296. The number of nitrogens with two attached hydrogens (primary N) is 1. The lowest BCUT2D eigenvalue weighted by Gasteiger charge is -2.31. The molecule has 78 valence electrons. The second-order valence-electron chi connectivity index (χ2n) is 3.82. The van der Waals surface area contributed by atoms with E-state index in [2.05, 4.69) is 0 Å². The molecule has 2 N–H and O–H groups in total. The highest BCUT2D eigenvalue weighted by molar-refractivity contribution is 7.98. The SMILES string of the molecule is NC1CC(CSCc2ccc(Cl)o2)C1. The summed E-state index contributed by atoms with van der Waals surface area (Å²) >= 11 is 7.56. The summed E-state index contributed by atoms with van der Waals surface area (Å²) in [5.74, 6) is 3.88. The first-order chi connectivity index (χ1) is 6.74. The molecular formula is C10H14ClNOS. The first-order valence-corrected chi connectivity index (χ1v) is 6.35. The average Bonchev–Trinajstić information content (AvgIpc) is 2.48. The summed E-state index contributed by atoms with van der Waals surface area (Å²) < 4.78 is 5.26. The van der Waals surface area contributed by atoms with Crippen LogP contribution in [0, 0.1) is 5.92 Å². The number of rotatable bonds is 4. The minimum atomic E-state index is 0.457. The minimum Gasteiger partial charge on any atom is -0.449 e. The monoisotopic (exact) mass is 231 g/mol. The summed E-state index contributed by atoms with van der Waals surface area (Å²) in [6.45, 7) is 0. The van der Waals surface area contributed by atoms with Crippen molar-refractivity contribution in [1.29, 1.82) is 0 Å². The van der Waals surface area contributed by atoms with Crippen LogP contribution in [-0.4, -0.2) is 11.8 Å². The number of hydrogen-bond donors (Lipinski definition) is 1. The first-order valence-electron chi connectivity index (χ1n) is 4.81. The molecule has 1 saturated carbocycles. The molecular weight excluding hydrogens is 218 g/mol. The van der Waals surface area contributed by atoms with Gasteiger partial charge in [-0.15, -0.1) is 0 Å². The topological polar surface area (TPSA) is 39.2 Å². The van der Waals surface area contributed by atoms with Crippen molar-refractivity contribution in [1.82, 2.24) is 0 Å². The molecule has 1 aromatic rings. The van der Waals surface area contributed by atoms with Crippen molar-refractivity contribution in [3.63, 3.8) is 0 Å². The van der Waals surface area contributed by atoms with E-state index < -0.39 is 0 Å². The molecule has 4 heteroatoms. The third kappa shape index (κ3) is 2.69. The Kier molecular flexibility index (Phi) is 3.42. The van der Waals surface area contributed by atoms with Gasteiger partial charge in [-0.25, -0.2) is 0 Å². The van der Waals surface area contributed by atoms with Crippen LogP contribution in [0.3, 0.4) is 0 Å². The maximum atomic E-state index is 5.71. The van der Waals surface area contributed by atoms with E-state index in [-0.39, 0.29) is 0 Å². The standard InChI is InChI=1S/C10H14ClNOS/c11-10-2-1-9(13-10)6-14-5-7-3-8(12)4-7/h1-2,7-8H,3-6,12H2. The predicted molar refractivity (Wildman–Crippen MR) is 60.6 cm³/mol. The Morgan fingerprint density at radius 1 is 1.50 bits per heavy atom. The third-order valence-corrected chi connectivity index (χ3v) is 3.90. The van der Waals surface area contributed by atoms with E-state index in [4.69, 9.17) is 21.8 Å². The van der Waals surface area contributed by atoms with Crippen molar-refractivity contribution in [2.75, 3.05) is 5.75 Å². The smallest absolute Gasteiger partial charge is 0.193 e. The van der Waals surface area contributed by atoms with Crippen LogP contribution in [0.2, 0.25) is 5.22 Å². The maximum absolute atomic E-state index is 5.71. The average molecular weight is 232 g/mol. The molecule has 0 amide bonds. The van der Waals surface area contributed by atoms with Crippen molar-refractivity contribution < 1.29 is 4.42 Å². The van der Waals surface area contributed by atoms with Gasteiger partial charge in [0.15, 0.2) is 5.22 Å². The van der Waals surface area contributed by atoms with Crippen LogP contribution in [0.4, 0.5) is 0 Å². The van der Waals surface area contributed by atoms with Gasteiger partial charge >= 0.3 is 0 Å². The fourth-order valence-corrected chi connectivity index (χ4v) is 2.92. The van der Waals surface area contributed by atoms with Crippen LogP contribution >= 0.6 is 23.4 Å². The fourth-order valence-electron chi connectivity index (χ4n) is 1.68. The van der Waals surface area contributed by atoms with Gasteiger partial charge in [-0.2, -0.15) is 11.8 Å². The lowest BCUT2D eigenvalue weighted by atomic mass is 9.82. The zero-order valence-corrected chi connectivity index (χ0v) is 9.48. The molecule has 1 aliphatic carbocycles.